The molecule has 0 aliphatic carbocycles. The average Bonchev–Trinajstić information content (AvgIpc) is 2.67. The molecule has 0 unspecified atom stereocenters. The Morgan fingerprint density at radius 1 is 1.33 bits per heavy atom. The summed E-state index contributed by atoms with van der Waals surface area (Å²) in [6.45, 7) is 5.43. The van der Waals surface area contributed by atoms with Crippen molar-refractivity contribution in [2.45, 2.75) is 13.3 Å². The number of methoxy groups -OCH3 is 1. The van der Waals surface area contributed by atoms with Crippen LogP contribution in [0, 0.1) is 6.92 Å². The van der Waals surface area contributed by atoms with Crippen molar-refractivity contribution in [3.05, 3.63) is 29.3 Å². The highest BCUT2D eigenvalue weighted by Crippen LogP contribution is 2.20. The number of carbonyl (C=O) groups is 1. The fraction of sp³-hybridized carbons (Fsp3) is 0.500. The van der Waals surface area contributed by atoms with Crippen LogP contribution >= 0.6 is 0 Å². The average molecular weight is 248 g/mol. The van der Waals surface area contributed by atoms with E-state index in [1.165, 1.54) is 0 Å². The topological polar surface area (TPSA) is 41.6 Å². The van der Waals surface area contributed by atoms with Crippen LogP contribution in [0.4, 0.5) is 0 Å². The highest BCUT2D eigenvalue weighted by Gasteiger charge is 2.17. The second-order valence-corrected chi connectivity index (χ2v) is 4.58. The number of ether oxygens (including phenoxy) is 1. The van der Waals surface area contributed by atoms with Crippen LogP contribution in [0.3, 0.4) is 0 Å². The van der Waals surface area contributed by atoms with Crippen molar-refractivity contribution < 1.29 is 9.53 Å². The Bertz CT molecular complexity index is 424. The quantitative estimate of drug-likeness (QED) is 0.861. The molecule has 2 rings (SSSR count). The molecule has 1 aliphatic heterocycles. The molecule has 1 heterocycles. The number of benzene rings is 1. The second kappa shape index (κ2) is 5.87. The van der Waals surface area contributed by atoms with Crippen LogP contribution in [0.1, 0.15) is 22.3 Å². The third-order valence-corrected chi connectivity index (χ3v) is 3.28. The largest absolute Gasteiger partial charge is 0.496 e. The van der Waals surface area contributed by atoms with Crippen molar-refractivity contribution in [2.75, 3.05) is 33.3 Å². The first-order valence-electron chi connectivity index (χ1n) is 6.37. The molecular weight excluding hydrogens is 228 g/mol. The van der Waals surface area contributed by atoms with Crippen LogP contribution in [-0.2, 0) is 0 Å². The molecule has 1 N–H and O–H groups in total. The van der Waals surface area contributed by atoms with E-state index >= 15 is 0 Å². The van der Waals surface area contributed by atoms with Gasteiger partial charge in [0.15, 0.2) is 0 Å². The molecule has 0 aromatic heterocycles. The standard InChI is InChI=1S/C14H20N2O2/c1-11-4-5-12(10-13(11)18-2)14(17)16-8-3-6-15-7-9-16/h4-5,10,15H,3,6-9H2,1-2H3. The van der Waals surface area contributed by atoms with E-state index < -0.39 is 0 Å². The van der Waals surface area contributed by atoms with Gasteiger partial charge < -0.3 is 15.0 Å². The monoisotopic (exact) mass is 248 g/mol. The van der Waals surface area contributed by atoms with Gasteiger partial charge in [0, 0.05) is 25.2 Å². The van der Waals surface area contributed by atoms with Crippen molar-refractivity contribution >= 4 is 5.91 Å². The predicted molar refractivity (Wildman–Crippen MR) is 71.1 cm³/mol. The minimum Gasteiger partial charge on any atom is -0.496 e. The van der Waals surface area contributed by atoms with E-state index in [-0.39, 0.29) is 5.91 Å². The summed E-state index contributed by atoms with van der Waals surface area (Å²) >= 11 is 0. The Morgan fingerprint density at radius 3 is 2.94 bits per heavy atom. The maximum absolute atomic E-state index is 12.4. The maximum Gasteiger partial charge on any atom is 0.254 e. The lowest BCUT2D eigenvalue weighted by atomic mass is 10.1. The third kappa shape index (κ3) is 2.82. The minimum absolute atomic E-state index is 0.0944. The molecular formula is C14H20N2O2. The van der Waals surface area contributed by atoms with E-state index in [1.54, 1.807) is 7.11 Å². The summed E-state index contributed by atoms with van der Waals surface area (Å²) < 4.78 is 5.26. The van der Waals surface area contributed by atoms with Gasteiger partial charge in [0.2, 0.25) is 0 Å². The summed E-state index contributed by atoms with van der Waals surface area (Å²) in [5.41, 5.74) is 1.76. The number of hydrogen-bond acceptors (Lipinski definition) is 3. The van der Waals surface area contributed by atoms with Crippen molar-refractivity contribution in [2.24, 2.45) is 0 Å². The normalized spacial score (nSPS) is 16.2. The van der Waals surface area contributed by atoms with E-state index in [9.17, 15) is 4.79 Å². The maximum atomic E-state index is 12.4. The molecule has 1 fully saturated rings. The number of aryl methyl sites for hydroxylation is 1. The molecule has 98 valence electrons. The molecule has 0 radical (unpaired) electrons. The van der Waals surface area contributed by atoms with Crippen LogP contribution in [0.2, 0.25) is 0 Å². The second-order valence-electron chi connectivity index (χ2n) is 4.58. The summed E-state index contributed by atoms with van der Waals surface area (Å²) in [5, 5.41) is 3.30. The summed E-state index contributed by atoms with van der Waals surface area (Å²) in [7, 11) is 1.63. The zero-order valence-electron chi connectivity index (χ0n) is 11.0. The van der Waals surface area contributed by atoms with Gasteiger partial charge >= 0.3 is 0 Å². The number of carbonyl (C=O) groups excluding carboxylic acids is 1. The molecule has 4 nitrogen and oxygen atoms in total. The molecule has 18 heavy (non-hydrogen) atoms. The van der Waals surface area contributed by atoms with E-state index in [0.717, 1.165) is 43.9 Å². The van der Waals surface area contributed by atoms with Gasteiger partial charge in [0.05, 0.1) is 7.11 Å². The predicted octanol–water partition coefficient (Wildman–Crippen LogP) is 1.44. The zero-order chi connectivity index (χ0) is 13.0. The summed E-state index contributed by atoms with van der Waals surface area (Å²) in [4.78, 5) is 14.3. The van der Waals surface area contributed by atoms with Gasteiger partial charge in [0.1, 0.15) is 5.75 Å². The highest BCUT2D eigenvalue weighted by atomic mass is 16.5. The van der Waals surface area contributed by atoms with Crippen molar-refractivity contribution in [3.8, 4) is 5.75 Å². The SMILES string of the molecule is COc1cc(C(=O)N2CCCNCC2)ccc1C. The first kappa shape index (κ1) is 12.9. The fourth-order valence-electron chi connectivity index (χ4n) is 2.18. The number of rotatable bonds is 2. The first-order valence-corrected chi connectivity index (χ1v) is 6.37. The number of hydrogen-bond donors (Lipinski definition) is 1. The lowest BCUT2D eigenvalue weighted by Gasteiger charge is -2.20. The molecule has 0 spiro atoms. The Hall–Kier alpha value is -1.55. The van der Waals surface area contributed by atoms with Crippen LogP contribution < -0.4 is 10.1 Å². The Balaban J connectivity index is 2.16. The van der Waals surface area contributed by atoms with Crippen LogP contribution in [-0.4, -0.2) is 44.1 Å². The Labute approximate surface area is 108 Å². The summed E-state index contributed by atoms with van der Waals surface area (Å²) in [5.74, 6) is 0.866. The molecule has 0 atom stereocenters. The number of nitrogens with one attached hydrogen (secondary N) is 1. The third-order valence-electron chi connectivity index (χ3n) is 3.28. The van der Waals surface area contributed by atoms with Gasteiger partial charge in [-0.05, 0) is 37.6 Å². The van der Waals surface area contributed by atoms with Crippen LogP contribution in [0.25, 0.3) is 0 Å². The molecule has 0 saturated carbocycles. The van der Waals surface area contributed by atoms with Crippen molar-refractivity contribution in [1.29, 1.82) is 0 Å². The minimum atomic E-state index is 0.0944. The molecule has 1 aromatic carbocycles. The first-order chi connectivity index (χ1) is 8.72. The van der Waals surface area contributed by atoms with E-state index in [1.807, 2.05) is 30.0 Å². The fourth-order valence-corrected chi connectivity index (χ4v) is 2.18. The van der Waals surface area contributed by atoms with Gasteiger partial charge in [-0.25, -0.2) is 0 Å². The number of amides is 1. The van der Waals surface area contributed by atoms with Crippen molar-refractivity contribution in [3.63, 3.8) is 0 Å². The highest BCUT2D eigenvalue weighted by molar-refractivity contribution is 5.94. The van der Waals surface area contributed by atoms with Gasteiger partial charge in [0.25, 0.3) is 5.91 Å². The van der Waals surface area contributed by atoms with Gasteiger partial charge in [-0.1, -0.05) is 6.07 Å². The molecule has 1 aromatic rings. The van der Waals surface area contributed by atoms with Gasteiger partial charge in [-0.3, -0.25) is 4.79 Å². The molecule has 0 bridgehead atoms. The molecule has 1 amide bonds. The molecule has 4 heteroatoms. The van der Waals surface area contributed by atoms with Crippen LogP contribution in [0.5, 0.6) is 5.75 Å². The van der Waals surface area contributed by atoms with Gasteiger partial charge in [-0.2, -0.15) is 0 Å². The van der Waals surface area contributed by atoms with Crippen LogP contribution in [0.15, 0.2) is 18.2 Å². The Morgan fingerprint density at radius 2 is 2.17 bits per heavy atom. The smallest absolute Gasteiger partial charge is 0.254 e. The van der Waals surface area contributed by atoms with E-state index in [0.29, 0.717) is 5.56 Å². The molecule has 1 aliphatic rings. The number of nitrogens with zero attached hydrogens (tertiary/aromatic N) is 1. The van der Waals surface area contributed by atoms with E-state index in [2.05, 4.69) is 5.32 Å². The Kier molecular flexibility index (Phi) is 4.20. The lowest BCUT2D eigenvalue weighted by molar-refractivity contribution is 0.0766. The van der Waals surface area contributed by atoms with Gasteiger partial charge in [-0.15, -0.1) is 0 Å². The zero-order valence-corrected chi connectivity index (χ0v) is 11.0. The lowest BCUT2D eigenvalue weighted by Crippen LogP contribution is -2.34. The molecule has 1 saturated heterocycles. The summed E-state index contributed by atoms with van der Waals surface area (Å²) in [6, 6.07) is 5.64. The summed E-state index contributed by atoms with van der Waals surface area (Å²) in [6.07, 6.45) is 1.01. The van der Waals surface area contributed by atoms with Crippen molar-refractivity contribution in [1.82, 2.24) is 10.2 Å². The van der Waals surface area contributed by atoms with E-state index in [4.69, 9.17) is 4.74 Å².